The molecule has 5 heteroatoms. The van der Waals surface area contributed by atoms with Crippen molar-refractivity contribution in [3.63, 3.8) is 0 Å². The number of carbonyl (C=O) groups is 2. The quantitative estimate of drug-likeness (QED) is 0.907. The number of benzene rings is 1. The first kappa shape index (κ1) is 14.9. The van der Waals surface area contributed by atoms with E-state index in [9.17, 15) is 9.59 Å². The molecule has 118 valence electrons. The number of nitrogens with zero attached hydrogens (tertiary/aromatic N) is 2. The Morgan fingerprint density at radius 2 is 2.23 bits per heavy atom. The molecule has 2 fully saturated rings. The summed E-state index contributed by atoms with van der Waals surface area (Å²) in [6.45, 7) is 5.83. The molecule has 0 aliphatic carbocycles. The summed E-state index contributed by atoms with van der Waals surface area (Å²) in [6, 6.07) is 7.76. The maximum absolute atomic E-state index is 12.4. The first-order valence-corrected chi connectivity index (χ1v) is 7.97. The summed E-state index contributed by atoms with van der Waals surface area (Å²) >= 11 is 0. The summed E-state index contributed by atoms with van der Waals surface area (Å²) in [5.74, 6) is 0.0828. The lowest BCUT2D eigenvalue weighted by atomic mass is 10.1. The maximum atomic E-state index is 12.4. The molecule has 0 bridgehead atoms. The Hall–Kier alpha value is -2.04. The fourth-order valence-corrected chi connectivity index (χ4v) is 3.43. The Labute approximate surface area is 131 Å². The van der Waals surface area contributed by atoms with E-state index in [1.807, 2.05) is 36.9 Å². The minimum Gasteiger partial charge on any atom is -0.336 e. The van der Waals surface area contributed by atoms with E-state index in [-0.39, 0.29) is 24.0 Å². The highest BCUT2D eigenvalue weighted by atomic mass is 16.2. The Kier molecular flexibility index (Phi) is 4.05. The minimum atomic E-state index is -0.369. The van der Waals surface area contributed by atoms with Crippen LogP contribution in [0.3, 0.4) is 0 Å². The monoisotopic (exact) mass is 301 g/mol. The fraction of sp³-hybridized carbons (Fsp3) is 0.529. The smallest absolute Gasteiger partial charge is 0.318 e. The van der Waals surface area contributed by atoms with Crippen LogP contribution in [-0.4, -0.2) is 46.9 Å². The summed E-state index contributed by atoms with van der Waals surface area (Å²) in [5.41, 5.74) is 2.25. The van der Waals surface area contributed by atoms with E-state index in [1.165, 1.54) is 5.56 Å². The van der Waals surface area contributed by atoms with Gasteiger partial charge in [0.2, 0.25) is 5.91 Å². The van der Waals surface area contributed by atoms with Gasteiger partial charge in [0, 0.05) is 25.7 Å². The van der Waals surface area contributed by atoms with Crippen molar-refractivity contribution in [1.29, 1.82) is 0 Å². The summed E-state index contributed by atoms with van der Waals surface area (Å²) < 4.78 is 0. The zero-order valence-corrected chi connectivity index (χ0v) is 13.2. The van der Waals surface area contributed by atoms with Gasteiger partial charge in [-0.05, 0) is 32.3 Å². The van der Waals surface area contributed by atoms with Gasteiger partial charge in [-0.1, -0.05) is 29.8 Å². The van der Waals surface area contributed by atoms with Crippen LogP contribution in [0.1, 0.15) is 30.9 Å². The largest absolute Gasteiger partial charge is 0.336 e. The van der Waals surface area contributed by atoms with Crippen molar-refractivity contribution in [2.45, 2.75) is 45.3 Å². The number of rotatable bonds is 2. The normalized spacial score (nSPS) is 24.4. The van der Waals surface area contributed by atoms with Crippen molar-refractivity contribution in [2.24, 2.45) is 0 Å². The average Bonchev–Trinajstić information content (AvgIpc) is 2.97. The SMILES string of the molecule is Cc1cccc(CNC(=O)N2C[C@H]3CCCN3C(=O)[C@@H]2C)c1. The molecule has 1 N–H and O–H groups in total. The van der Waals surface area contributed by atoms with Gasteiger partial charge < -0.3 is 15.1 Å². The van der Waals surface area contributed by atoms with Crippen molar-refractivity contribution >= 4 is 11.9 Å². The number of carbonyl (C=O) groups excluding carboxylic acids is 2. The maximum Gasteiger partial charge on any atom is 0.318 e. The van der Waals surface area contributed by atoms with Gasteiger partial charge in [-0.2, -0.15) is 0 Å². The molecule has 0 radical (unpaired) electrons. The van der Waals surface area contributed by atoms with Gasteiger partial charge in [0.25, 0.3) is 0 Å². The molecule has 1 aromatic carbocycles. The van der Waals surface area contributed by atoms with E-state index < -0.39 is 0 Å². The Bertz CT molecular complexity index is 587. The van der Waals surface area contributed by atoms with Crippen LogP contribution in [0.5, 0.6) is 0 Å². The topological polar surface area (TPSA) is 52.7 Å². The van der Waals surface area contributed by atoms with Crippen LogP contribution in [-0.2, 0) is 11.3 Å². The van der Waals surface area contributed by atoms with Crippen LogP contribution in [0, 0.1) is 6.92 Å². The molecule has 0 aromatic heterocycles. The molecular weight excluding hydrogens is 278 g/mol. The molecule has 3 amide bonds. The van der Waals surface area contributed by atoms with Gasteiger partial charge in [-0.25, -0.2) is 4.79 Å². The van der Waals surface area contributed by atoms with E-state index in [4.69, 9.17) is 0 Å². The standard InChI is InChI=1S/C17H23N3O2/c1-12-5-3-6-14(9-12)10-18-17(22)20-11-15-7-4-8-19(15)16(21)13(20)2/h3,5-6,9,13,15H,4,7-8,10-11H2,1-2H3,(H,18,22)/t13-,15+/m0/s1. The highest BCUT2D eigenvalue weighted by Gasteiger charge is 2.41. The van der Waals surface area contributed by atoms with E-state index in [0.717, 1.165) is 24.9 Å². The van der Waals surface area contributed by atoms with Gasteiger partial charge in [-0.3, -0.25) is 4.79 Å². The van der Waals surface area contributed by atoms with Gasteiger partial charge in [0.05, 0.1) is 0 Å². The van der Waals surface area contributed by atoms with Crippen LogP contribution in [0.25, 0.3) is 0 Å². The van der Waals surface area contributed by atoms with Gasteiger partial charge in [-0.15, -0.1) is 0 Å². The Morgan fingerprint density at radius 1 is 1.41 bits per heavy atom. The lowest BCUT2D eigenvalue weighted by Gasteiger charge is -2.41. The average molecular weight is 301 g/mol. The third-order valence-corrected chi connectivity index (χ3v) is 4.68. The second-order valence-corrected chi connectivity index (χ2v) is 6.30. The predicted molar refractivity (Wildman–Crippen MR) is 84.3 cm³/mol. The molecule has 2 saturated heterocycles. The zero-order chi connectivity index (χ0) is 15.7. The lowest BCUT2D eigenvalue weighted by Crippen LogP contribution is -2.61. The molecule has 2 heterocycles. The van der Waals surface area contributed by atoms with E-state index in [1.54, 1.807) is 4.90 Å². The van der Waals surface area contributed by atoms with Crippen molar-refractivity contribution in [3.05, 3.63) is 35.4 Å². The number of aryl methyl sites for hydroxylation is 1. The second-order valence-electron chi connectivity index (χ2n) is 6.30. The third-order valence-electron chi connectivity index (χ3n) is 4.68. The van der Waals surface area contributed by atoms with E-state index >= 15 is 0 Å². The number of nitrogens with one attached hydrogen (secondary N) is 1. The molecule has 22 heavy (non-hydrogen) atoms. The Morgan fingerprint density at radius 3 is 3.00 bits per heavy atom. The lowest BCUT2D eigenvalue weighted by molar-refractivity contribution is -0.140. The molecule has 5 nitrogen and oxygen atoms in total. The van der Waals surface area contributed by atoms with E-state index in [2.05, 4.69) is 11.4 Å². The van der Waals surface area contributed by atoms with Crippen LogP contribution in [0.4, 0.5) is 4.79 Å². The van der Waals surface area contributed by atoms with E-state index in [0.29, 0.717) is 13.1 Å². The van der Waals surface area contributed by atoms with Crippen LogP contribution < -0.4 is 5.32 Å². The highest BCUT2D eigenvalue weighted by Crippen LogP contribution is 2.25. The number of amides is 3. The number of urea groups is 1. The number of fused-ring (bicyclic) bond motifs is 1. The van der Waals surface area contributed by atoms with Crippen molar-refractivity contribution in [2.75, 3.05) is 13.1 Å². The predicted octanol–water partition coefficient (Wildman–Crippen LogP) is 1.90. The molecule has 2 atom stereocenters. The van der Waals surface area contributed by atoms with Gasteiger partial charge >= 0.3 is 6.03 Å². The molecule has 0 unspecified atom stereocenters. The van der Waals surface area contributed by atoms with Crippen molar-refractivity contribution in [1.82, 2.24) is 15.1 Å². The summed E-state index contributed by atoms with van der Waals surface area (Å²) in [4.78, 5) is 28.4. The molecule has 3 rings (SSSR count). The fourth-order valence-electron chi connectivity index (χ4n) is 3.43. The number of hydrogen-bond donors (Lipinski definition) is 1. The van der Waals surface area contributed by atoms with Crippen molar-refractivity contribution in [3.8, 4) is 0 Å². The van der Waals surface area contributed by atoms with Crippen molar-refractivity contribution < 1.29 is 9.59 Å². The minimum absolute atomic E-state index is 0.0828. The Balaban J connectivity index is 1.63. The van der Waals surface area contributed by atoms with Gasteiger partial charge in [0.15, 0.2) is 0 Å². The highest BCUT2D eigenvalue weighted by molar-refractivity contribution is 5.88. The third kappa shape index (κ3) is 2.80. The summed E-state index contributed by atoms with van der Waals surface area (Å²) in [5, 5.41) is 2.94. The first-order valence-electron chi connectivity index (χ1n) is 7.97. The zero-order valence-electron chi connectivity index (χ0n) is 13.2. The van der Waals surface area contributed by atoms with Crippen LogP contribution in [0.2, 0.25) is 0 Å². The number of piperazine rings is 1. The molecular formula is C17H23N3O2. The molecule has 0 saturated carbocycles. The summed E-state index contributed by atoms with van der Waals surface area (Å²) in [7, 11) is 0. The molecule has 1 aromatic rings. The first-order chi connectivity index (χ1) is 10.6. The van der Waals surface area contributed by atoms with Crippen LogP contribution in [0.15, 0.2) is 24.3 Å². The second kappa shape index (κ2) is 5.99. The molecule has 2 aliphatic rings. The summed E-state index contributed by atoms with van der Waals surface area (Å²) in [6.07, 6.45) is 2.04. The van der Waals surface area contributed by atoms with Gasteiger partial charge in [0.1, 0.15) is 6.04 Å². The molecule has 0 spiro atoms. The molecule has 2 aliphatic heterocycles. The number of hydrogen-bond acceptors (Lipinski definition) is 2. The van der Waals surface area contributed by atoms with Crippen LogP contribution >= 0.6 is 0 Å².